The lowest BCUT2D eigenvalue weighted by Gasteiger charge is -2.03. The molecule has 0 amide bonds. The van der Waals surface area contributed by atoms with Gasteiger partial charge in [0, 0.05) is 18.2 Å². The molecule has 2 aromatic carbocycles. The van der Waals surface area contributed by atoms with E-state index in [0.717, 1.165) is 5.56 Å². The molecule has 2 aromatic rings. The van der Waals surface area contributed by atoms with Crippen molar-refractivity contribution in [1.82, 2.24) is 0 Å². The van der Waals surface area contributed by atoms with Crippen molar-refractivity contribution in [1.29, 1.82) is 0 Å². The first-order valence-corrected chi connectivity index (χ1v) is 7.09. The second kappa shape index (κ2) is 6.82. The van der Waals surface area contributed by atoms with Gasteiger partial charge in [-0.15, -0.1) is 0 Å². The summed E-state index contributed by atoms with van der Waals surface area (Å²) in [4.78, 5) is 21.8. The van der Waals surface area contributed by atoms with Crippen molar-refractivity contribution in [3.05, 3.63) is 69.8 Å². The molecule has 0 aromatic heterocycles. The lowest BCUT2D eigenvalue weighted by Crippen LogP contribution is -2.00. The van der Waals surface area contributed by atoms with Crippen molar-refractivity contribution >= 4 is 17.7 Å². The second-order valence-electron chi connectivity index (χ2n) is 4.98. The molecule has 0 spiro atoms. The molecule has 0 saturated heterocycles. The third-order valence-electron chi connectivity index (χ3n) is 3.33. The number of nitro benzene ring substituents is 1. The number of non-ortho nitro benzene ring substituents is 1. The summed E-state index contributed by atoms with van der Waals surface area (Å²) < 4.78 is 15.6. The van der Waals surface area contributed by atoms with Gasteiger partial charge in [0.1, 0.15) is 6.61 Å². The quantitative estimate of drug-likeness (QED) is 0.363. The van der Waals surface area contributed by atoms with Crippen molar-refractivity contribution in [3.63, 3.8) is 0 Å². The highest BCUT2D eigenvalue weighted by molar-refractivity contribution is 5.87. The predicted molar refractivity (Wildman–Crippen MR) is 84.5 cm³/mol. The number of fused-ring (bicyclic) bond motifs is 1. The third kappa shape index (κ3) is 3.70. The van der Waals surface area contributed by atoms with Crippen molar-refractivity contribution in [2.24, 2.45) is 0 Å². The minimum atomic E-state index is -0.508. The van der Waals surface area contributed by atoms with Crippen LogP contribution in [0, 0.1) is 10.1 Å². The number of rotatable bonds is 5. The number of carbonyl (C=O) groups is 1. The number of nitro groups is 1. The highest BCUT2D eigenvalue weighted by Gasteiger charge is 2.13. The van der Waals surface area contributed by atoms with Crippen molar-refractivity contribution in [2.45, 2.75) is 6.61 Å². The molecular formula is C17H13NO6. The Morgan fingerprint density at radius 2 is 1.92 bits per heavy atom. The van der Waals surface area contributed by atoms with Crippen LogP contribution in [-0.2, 0) is 16.1 Å². The molecule has 0 aliphatic carbocycles. The molecule has 1 heterocycles. The first kappa shape index (κ1) is 15.5. The molecule has 1 aliphatic rings. The van der Waals surface area contributed by atoms with Gasteiger partial charge in [0.25, 0.3) is 5.69 Å². The van der Waals surface area contributed by atoms with Crippen LogP contribution in [0.4, 0.5) is 5.69 Å². The number of hydrogen-bond donors (Lipinski definition) is 0. The van der Waals surface area contributed by atoms with E-state index in [1.165, 1.54) is 24.3 Å². The highest BCUT2D eigenvalue weighted by atomic mass is 16.7. The van der Waals surface area contributed by atoms with Crippen LogP contribution in [0.5, 0.6) is 11.5 Å². The molecule has 0 unspecified atom stereocenters. The topological polar surface area (TPSA) is 87.9 Å². The molecule has 0 fully saturated rings. The first-order chi connectivity index (χ1) is 11.6. The maximum absolute atomic E-state index is 11.7. The van der Waals surface area contributed by atoms with Crippen LogP contribution in [0.15, 0.2) is 48.5 Å². The van der Waals surface area contributed by atoms with Crippen molar-refractivity contribution < 1.29 is 23.9 Å². The Labute approximate surface area is 137 Å². The molecular weight excluding hydrogens is 314 g/mol. The van der Waals surface area contributed by atoms with Crippen molar-refractivity contribution in [2.75, 3.05) is 6.79 Å². The first-order valence-electron chi connectivity index (χ1n) is 7.09. The van der Waals surface area contributed by atoms with Gasteiger partial charge in [-0.25, -0.2) is 4.79 Å². The minimum absolute atomic E-state index is 0.00228. The predicted octanol–water partition coefficient (Wildman–Crippen LogP) is 3.08. The Balaban J connectivity index is 1.54. The molecule has 7 nitrogen and oxygen atoms in total. The second-order valence-corrected chi connectivity index (χ2v) is 4.98. The molecule has 0 N–H and O–H groups in total. The van der Waals surface area contributed by atoms with Gasteiger partial charge >= 0.3 is 5.97 Å². The monoisotopic (exact) mass is 327 g/mol. The average molecular weight is 327 g/mol. The summed E-state index contributed by atoms with van der Waals surface area (Å²) in [6, 6.07) is 11.2. The van der Waals surface area contributed by atoms with Crippen LogP contribution in [0.25, 0.3) is 6.08 Å². The van der Waals surface area contributed by atoms with Gasteiger partial charge in [0.15, 0.2) is 11.5 Å². The number of nitrogens with zero attached hydrogens (tertiary/aromatic N) is 1. The number of esters is 1. The van der Waals surface area contributed by atoms with Gasteiger partial charge in [-0.05, 0) is 41.5 Å². The van der Waals surface area contributed by atoms with E-state index in [9.17, 15) is 14.9 Å². The summed E-state index contributed by atoms with van der Waals surface area (Å²) in [6.07, 6.45) is 2.81. The molecule has 7 heteroatoms. The van der Waals surface area contributed by atoms with Crippen LogP contribution in [0.3, 0.4) is 0 Å². The fourth-order valence-corrected chi connectivity index (χ4v) is 2.10. The lowest BCUT2D eigenvalue weighted by atomic mass is 10.2. The summed E-state index contributed by atoms with van der Waals surface area (Å²) in [5, 5.41) is 10.6. The summed E-state index contributed by atoms with van der Waals surface area (Å²) in [7, 11) is 0. The van der Waals surface area contributed by atoms with E-state index >= 15 is 0 Å². The zero-order valence-corrected chi connectivity index (χ0v) is 12.5. The zero-order chi connectivity index (χ0) is 16.9. The normalized spacial score (nSPS) is 12.3. The van der Waals surface area contributed by atoms with Crippen LogP contribution >= 0.6 is 0 Å². The zero-order valence-electron chi connectivity index (χ0n) is 12.5. The largest absolute Gasteiger partial charge is 0.458 e. The third-order valence-corrected chi connectivity index (χ3v) is 3.33. The highest BCUT2D eigenvalue weighted by Crippen LogP contribution is 2.32. The van der Waals surface area contributed by atoms with E-state index in [1.54, 1.807) is 30.3 Å². The van der Waals surface area contributed by atoms with E-state index in [2.05, 4.69) is 0 Å². The van der Waals surface area contributed by atoms with E-state index in [-0.39, 0.29) is 19.1 Å². The molecule has 3 rings (SSSR count). The summed E-state index contributed by atoms with van der Waals surface area (Å²) in [6.45, 7) is 0.302. The lowest BCUT2D eigenvalue weighted by molar-refractivity contribution is -0.384. The Morgan fingerprint density at radius 3 is 2.67 bits per heavy atom. The van der Waals surface area contributed by atoms with E-state index in [4.69, 9.17) is 14.2 Å². The number of carbonyl (C=O) groups excluding carboxylic acids is 1. The summed E-state index contributed by atoms with van der Waals surface area (Å²) in [5.74, 6) is 0.791. The van der Waals surface area contributed by atoms with E-state index in [0.29, 0.717) is 17.1 Å². The number of ether oxygens (including phenoxy) is 3. The van der Waals surface area contributed by atoms with E-state index in [1.807, 2.05) is 0 Å². The van der Waals surface area contributed by atoms with Crippen LogP contribution < -0.4 is 9.47 Å². The average Bonchev–Trinajstić information content (AvgIpc) is 3.06. The number of hydrogen-bond acceptors (Lipinski definition) is 6. The standard InChI is InChI=1S/C17H13NO6/c19-17(8-4-12-1-5-14(6-2-12)18(20)21)22-10-13-3-7-15-16(9-13)24-11-23-15/h1-9H,10-11H2. The molecule has 0 atom stereocenters. The number of benzene rings is 2. The minimum Gasteiger partial charge on any atom is -0.458 e. The van der Waals surface area contributed by atoms with Gasteiger partial charge in [-0.1, -0.05) is 6.07 Å². The molecule has 24 heavy (non-hydrogen) atoms. The fraction of sp³-hybridized carbons (Fsp3) is 0.118. The Kier molecular flexibility index (Phi) is 4.42. The van der Waals surface area contributed by atoms with Gasteiger partial charge in [0.2, 0.25) is 6.79 Å². The molecule has 122 valence electrons. The Morgan fingerprint density at radius 1 is 1.17 bits per heavy atom. The molecule has 0 radical (unpaired) electrons. The summed E-state index contributed by atoms with van der Waals surface area (Å²) in [5.41, 5.74) is 1.45. The molecule has 0 bridgehead atoms. The van der Waals surface area contributed by atoms with Gasteiger partial charge in [-0.2, -0.15) is 0 Å². The van der Waals surface area contributed by atoms with Crippen molar-refractivity contribution in [3.8, 4) is 11.5 Å². The molecule has 1 aliphatic heterocycles. The van der Waals surface area contributed by atoms with Crippen LogP contribution in [0.1, 0.15) is 11.1 Å². The van der Waals surface area contributed by atoms with E-state index < -0.39 is 10.9 Å². The summed E-state index contributed by atoms with van der Waals surface area (Å²) >= 11 is 0. The SMILES string of the molecule is O=C(C=Cc1ccc([N+](=O)[O-])cc1)OCc1ccc2c(c1)OCO2. The molecule has 0 saturated carbocycles. The van der Waals surface area contributed by atoms with Crippen LogP contribution in [-0.4, -0.2) is 17.7 Å². The van der Waals surface area contributed by atoms with Gasteiger partial charge in [-0.3, -0.25) is 10.1 Å². The maximum Gasteiger partial charge on any atom is 0.331 e. The Bertz CT molecular complexity index is 797. The fourth-order valence-electron chi connectivity index (χ4n) is 2.10. The van der Waals surface area contributed by atoms with Crippen LogP contribution in [0.2, 0.25) is 0 Å². The van der Waals surface area contributed by atoms with Gasteiger partial charge < -0.3 is 14.2 Å². The maximum atomic E-state index is 11.7. The smallest absolute Gasteiger partial charge is 0.331 e. The Hall–Kier alpha value is -3.35. The van der Waals surface area contributed by atoms with Gasteiger partial charge in [0.05, 0.1) is 4.92 Å².